The van der Waals surface area contributed by atoms with E-state index < -0.39 is 0 Å². The third-order valence-electron chi connectivity index (χ3n) is 3.61. The lowest BCUT2D eigenvalue weighted by molar-refractivity contribution is -0.0622. The SMILES string of the molecule is CC(C)NCC1OCCN(C)C1c1ccc(F)cc1Br. The number of nitrogens with zero attached hydrogens (tertiary/aromatic N) is 1. The fraction of sp³-hybridized carbons (Fsp3) is 0.600. The van der Waals surface area contributed by atoms with Crippen molar-refractivity contribution in [2.75, 3.05) is 26.7 Å². The van der Waals surface area contributed by atoms with Crippen LogP contribution in [0.5, 0.6) is 0 Å². The number of likely N-dealkylation sites (N-methyl/N-ethyl adjacent to an activating group) is 1. The minimum absolute atomic E-state index is 0.0675. The van der Waals surface area contributed by atoms with Gasteiger partial charge in [0.1, 0.15) is 5.82 Å². The van der Waals surface area contributed by atoms with Crippen LogP contribution in [-0.4, -0.2) is 43.8 Å². The molecular weight excluding hydrogens is 323 g/mol. The van der Waals surface area contributed by atoms with Crippen molar-refractivity contribution < 1.29 is 9.13 Å². The van der Waals surface area contributed by atoms with Gasteiger partial charge < -0.3 is 10.1 Å². The zero-order chi connectivity index (χ0) is 14.7. The average molecular weight is 345 g/mol. The van der Waals surface area contributed by atoms with E-state index in [0.717, 1.165) is 29.7 Å². The van der Waals surface area contributed by atoms with Gasteiger partial charge in [0.05, 0.1) is 18.8 Å². The summed E-state index contributed by atoms with van der Waals surface area (Å²) in [6.45, 7) is 6.64. The Morgan fingerprint density at radius 2 is 2.25 bits per heavy atom. The van der Waals surface area contributed by atoms with E-state index in [0.29, 0.717) is 6.04 Å². The number of halogens is 2. The largest absolute Gasteiger partial charge is 0.374 e. The lowest BCUT2D eigenvalue weighted by atomic mass is 9.98. The molecule has 2 rings (SSSR count). The molecule has 0 aromatic heterocycles. The van der Waals surface area contributed by atoms with Gasteiger partial charge in [-0.3, -0.25) is 4.90 Å². The zero-order valence-corrected chi connectivity index (χ0v) is 13.8. The summed E-state index contributed by atoms with van der Waals surface area (Å²) < 4.78 is 20.0. The highest BCUT2D eigenvalue weighted by Gasteiger charge is 2.32. The van der Waals surface area contributed by atoms with Crippen LogP contribution in [0.2, 0.25) is 0 Å². The summed E-state index contributed by atoms with van der Waals surface area (Å²) in [6, 6.07) is 5.42. The van der Waals surface area contributed by atoms with Gasteiger partial charge in [0.15, 0.2) is 0 Å². The van der Waals surface area contributed by atoms with Gasteiger partial charge in [-0.25, -0.2) is 4.39 Å². The highest BCUT2D eigenvalue weighted by Crippen LogP contribution is 2.33. The Morgan fingerprint density at radius 3 is 2.90 bits per heavy atom. The smallest absolute Gasteiger partial charge is 0.124 e. The molecule has 1 heterocycles. The van der Waals surface area contributed by atoms with Crippen molar-refractivity contribution in [3.63, 3.8) is 0 Å². The maximum atomic E-state index is 13.3. The van der Waals surface area contributed by atoms with E-state index in [1.807, 2.05) is 6.07 Å². The summed E-state index contributed by atoms with van der Waals surface area (Å²) >= 11 is 3.48. The van der Waals surface area contributed by atoms with E-state index in [1.165, 1.54) is 12.1 Å². The lowest BCUT2D eigenvalue weighted by Gasteiger charge is -2.40. The molecule has 0 radical (unpaired) electrons. The molecule has 3 nitrogen and oxygen atoms in total. The maximum absolute atomic E-state index is 13.3. The van der Waals surface area contributed by atoms with Gasteiger partial charge in [-0.1, -0.05) is 35.8 Å². The first-order valence-electron chi connectivity index (χ1n) is 6.99. The van der Waals surface area contributed by atoms with E-state index in [4.69, 9.17) is 4.74 Å². The van der Waals surface area contributed by atoms with Crippen molar-refractivity contribution in [3.05, 3.63) is 34.1 Å². The number of ether oxygens (including phenoxy) is 1. The second-order valence-corrected chi connectivity index (χ2v) is 6.42. The van der Waals surface area contributed by atoms with E-state index in [-0.39, 0.29) is 18.0 Å². The van der Waals surface area contributed by atoms with Crippen molar-refractivity contribution in [1.29, 1.82) is 0 Å². The van der Waals surface area contributed by atoms with Gasteiger partial charge in [-0.2, -0.15) is 0 Å². The molecule has 1 saturated heterocycles. The van der Waals surface area contributed by atoms with Crippen LogP contribution in [0.25, 0.3) is 0 Å². The van der Waals surface area contributed by atoms with Crippen molar-refractivity contribution in [1.82, 2.24) is 10.2 Å². The Bertz CT molecular complexity index is 455. The van der Waals surface area contributed by atoms with Gasteiger partial charge >= 0.3 is 0 Å². The molecule has 20 heavy (non-hydrogen) atoms. The summed E-state index contributed by atoms with van der Waals surface area (Å²) in [5.41, 5.74) is 1.07. The second-order valence-electron chi connectivity index (χ2n) is 5.56. The van der Waals surface area contributed by atoms with Gasteiger partial charge in [0, 0.05) is 23.6 Å². The number of morpholine rings is 1. The number of benzene rings is 1. The quantitative estimate of drug-likeness (QED) is 0.908. The molecule has 1 N–H and O–H groups in total. The van der Waals surface area contributed by atoms with Gasteiger partial charge in [0.2, 0.25) is 0 Å². The van der Waals surface area contributed by atoms with Crippen LogP contribution in [0.1, 0.15) is 25.5 Å². The van der Waals surface area contributed by atoms with Crippen molar-refractivity contribution >= 4 is 15.9 Å². The highest BCUT2D eigenvalue weighted by molar-refractivity contribution is 9.10. The molecule has 5 heteroatoms. The minimum Gasteiger partial charge on any atom is -0.374 e. The van der Waals surface area contributed by atoms with E-state index in [1.54, 1.807) is 0 Å². The van der Waals surface area contributed by atoms with Crippen LogP contribution < -0.4 is 5.32 Å². The van der Waals surface area contributed by atoms with Crippen LogP contribution >= 0.6 is 15.9 Å². The number of nitrogens with one attached hydrogen (secondary N) is 1. The van der Waals surface area contributed by atoms with E-state index >= 15 is 0 Å². The summed E-state index contributed by atoms with van der Waals surface area (Å²) in [4.78, 5) is 2.27. The molecule has 2 atom stereocenters. The summed E-state index contributed by atoms with van der Waals surface area (Å²) in [5.74, 6) is -0.225. The number of hydrogen-bond acceptors (Lipinski definition) is 3. The fourth-order valence-electron chi connectivity index (χ4n) is 2.56. The highest BCUT2D eigenvalue weighted by atomic mass is 79.9. The topological polar surface area (TPSA) is 24.5 Å². The lowest BCUT2D eigenvalue weighted by Crippen LogP contribution is -2.48. The van der Waals surface area contributed by atoms with Crippen LogP contribution in [0.3, 0.4) is 0 Å². The van der Waals surface area contributed by atoms with Crippen molar-refractivity contribution in [2.24, 2.45) is 0 Å². The van der Waals surface area contributed by atoms with Crippen LogP contribution in [0, 0.1) is 5.82 Å². The molecule has 0 spiro atoms. The third-order valence-corrected chi connectivity index (χ3v) is 4.30. The first-order valence-corrected chi connectivity index (χ1v) is 7.78. The molecule has 1 fully saturated rings. The third kappa shape index (κ3) is 3.79. The zero-order valence-electron chi connectivity index (χ0n) is 12.2. The summed E-state index contributed by atoms with van der Waals surface area (Å²) in [7, 11) is 2.09. The first-order chi connectivity index (χ1) is 9.49. The van der Waals surface area contributed by atoms with Crippen molar-refractivity contribution in [3.8, 4) is 0 Å². The summed E-state index contributed by atoms with van der Waals surface area (Å²) in [6.07, 6.45) is 0.0675. The molecule has 0 bridgehead atoms. The van der Waals surface area contributed by atoms with Crippen LogP contribution in [-0.2, 0) is 4.74 Å². The predicted octanol–water partition coefficient (Wildman–Crippen LogP) is 2.96. The molecule has 1 aliphatic rings. The molecule has 1 aromatic rings. The molecule has 0 aliphatic carbocycles. The second kappa shape index (κ2) is 6.98. The normalized spacial score (nSPS) is 24.3. The minimum atomic E-state index is -0.225. The Kier molecular flexibility index (Phi) is 5.55. The molecule has 1 aliphatic heterocycles. The van der Waals surface area contributed by atoms with Gasteiger partial charge in [0.25, 0.3) is 0 Å². The van der Waals surface area contributed by atoms with E-state index in [2.05, 4.69) is 47.0 Å². The van der Waals surface area contributed by atoms with Gasteiger partial charge in [-0.15, -0.1) is 0 Å². The Labute approximate surface area is 128 Å². The van der Waals surface area contributed by atoms with Crippen molar-refractivity contribution in [2.45, 2.75) is 32.0 Å². The number of hydrogen-bond donors (Lipinski definition) is 1. The molecule has 0 saturated carbocycles. The standard InChI is InChI=1S/C15H22BrFN2O/c1-10(2)18-9-14-15(19(3)6-7-20-14)12-5-4-11(17)8-13(12)16/h4-5,8,10,14-15,18H,6-7,9H2,1-3H3. The maximum Gasteiger partial charge on any atom is 0.124 e. The molecule has 2 unspecified atom stereocenters. The molecule has 112 valence electrons. The van der Waals surface area contributed by atoms with Crippen LogP contribution in [0.15, 0.2) is 22.7 Å². The molecule has 1 aromatic carbocycles. The molecule has 0 amide bonds. The summed E-state index contributed by atoms with van der Waals surface area (Å²) in [5, 5.41) is 3.43. The van der Waals surface area contributed by atoms with E-state index in [9.17, 15) is 4.39 Å². The Hall–Kier alpha value is -0.490. The molecular formula is C15H22BrFN2O. The Balaban J connectivity index is 2.22. The van der Waals surface area contributed by atoms with Gasteiger partial charge in [-0.05, 0) is 24.7 Å². The number of rotatable bonds is 4. The van der Waals surface area contributed by atoms with Crippen LogP contribution in [0.4, 0.5) is 4.39 Å². The predicted molar refractivity (Wildman–Crippen MR) is 82.3 cm³/mol. The average Bonchev–Trinajstić information content (AvgIpc) is 2.37. The first kappa shape index (κ1) is 15.9. The monoisotopic (exact) mass is 344 g/mol. The fourth-order valence-corrected chi connectivity index (χ4v) is 3.15. The Morgan fingerprint density at radius 1 is 1.50 bits per heavy atom.